The van der Waals surface area contributed by atoms with Crippen molar-refractivity contribution in [1.82, 2.24) is 9.80 Å². The molecule has 1 aliphatic heterocycles. The summed E-state index contributed by atoms with van der Waals surface area (Å²) in [6.45, 7) is 5.44. The van der Waals surface area contributed by atoms with Crippen LogP contribution in [0, 0.1) is 6.92 Å². The van der Waals surface area contributed by atoms with E-state index in [0.29, 0.717) is 45.2 Å². The predicted octanol–water partition coefficient (Wildman–Crippen LogP) is 1.35. The molecule has 1 aliphatic rings. The Morgan fingerprint density at radius 3 is 2.26 bits per heavy atom. The molecule has 9 nitrogen and oxygen atoms in total. The molecule has 6 N–H and O–H groups in total. The first-order valence-electron chi connectivity index (χ1n) is 10.9. The van der Waals surface area contributed by atoms with Gasteiger partial charge < -0.3 is 31.1 Å². The molecule has 1 atom stereocenters. The van der Waals surface area contributed by atoms with E-state index >= 15 is 0 Å². The molecule has 1 unspecified atom stereocenters. The fourth-order valence-electron chi connectivity index (χ4n) is 3.74. The Morgan fingerprint density at radius 2 is 1.68 bits per heavy atom. The van der Waals surface area contributed by atoms with Crippen LogP contribution in [0.4, 0.5) is 10.5 Å². The topological polar surface area (TPSA) is 139 Å². The van der Waals surface area contributed by atoms with Gasteiger partial charge in [-0.3, -0.25) is 9.69 Å². The number of rotatable bonds is 11. The van der Waals surface area contributed by atoms with Crippen molar-refractivity contribution in [1.29, 1.82) is 0 Å². The minimum Gasteiger partial charge on any atom is -0.480 e. The highest BCUT2D eigenvalue weighted by Crippen LogP contribution is 2.20. The number of nitrogens with zero attached hydrogens (tertiary/aromatic N) is 2. The summed E-state index contributed by atoms with van der Waals surface area (Å²) >= 11 is 0. The quantitative estimate of drug-likeness (QED) is 0.262. The molecule has 1 saturated heterocycles. The van der Waals surface area contributed by atoms with Crippen LogP contribution >= 0.6 is 0 Å². The zero-order chi connectivity index (χ0) is 22.9. The number of piperazine rings is 1. The maximum Gasteiger partial charge on any atom is 0.451 e. The predicted molar refractivity (Wildman–Crippen MR) is 121 cm³/mol. The van der Waals surface area contributed by atoms with Crippen LogP contribution in [-0.2, 0) is 4.79 Å². The number of nitrogens with one attached hydrogen (secondary N) is 1. The summed E-state index contributed by atoms with van der Waals surface area (Å²) in [5.41, 5.74) is 6.73. The van der Waals surface area contributed by atoms with Gasteiger partial charge in [0, 0.05) is 31.9 Å². The number of urea groups is 1. The Balaban J connectivity index is 1.69. The maximum atomic E-state index is 12.4. The number of amides is 2. The van der Waals surface area contributed by atoms with Crippen molar-refractivity contribution in [3.63, 3.8) is 0 Å². The van der Waals surface area contributed by atoms with Gasteiger partial charge in [0.15, 0.2) is 0 Å². The number of hydrogen-bond acceptors (Lipinski definition) is 6. The van der Waals surface area contributed by atoms with Gasteiger partial charge in [-0.25, -0.2) is 4.79 Å². The van der Waals surface area contributed by atoms with E-state index in [2.05, 4.69) is 10.2 Å². The highest BCUT2D eigenvalue weighted by atomic mass is 16.4. The van der Waals surface area contributed by atoms with Crippen molar-refractivity contribution < 1.29 is 24.7 Å². The van der Waals surface area contributed by atoms with Crippen molar-refractivity contribution in [3.8, 4) is 0 Å². The number of carbonyl (C=O) groups excluding carboxylic acids is 1. The van der Waals surface area contributed by atoms with Crippen LogP contribution in [-0.4, -0.2) is 82.3 Å². The van der Waals surface area contributed by atoms with Gasteiger partial charge in [0.2, 0.25) is 0 Å². The average molecular weight is 434 g/mol. The lowest BCUT2D eigenvalue weighted by molar-refractivity contribution is -0.144. The fourth-order valence-corrected chi connectivity index (χ4v) is 3.74. The van der Waals surface area contributed by atoms with E-state index in [1.165, 1.54) is 0 Å². The molecule has 1 fully saturated rings. The number of aryl methyl sites for hydroxylation is 1. The highest BCUT2D eigenvalue weighted by molar-refractivity contribution is 6.40. The van der Waals surface area contributed by atoms with E-state index in [4.69, 9.17) is 15.8 Å². The lowest BCUT2D eigenvalue weighted by atomic mass is 9.81. The number of nitrogens with two attached hydrogens (primary N) is 1. The molecule has 0 aromatic heterocycles. The second-order valence-electron chi connectivity index (χ2n) is 8.42. The zero-order valence-electron chi connectivity index (χ0n) is 18.3. The van der Waals surface area contributed by atoms with Gasteiger partial charge in [-0.15, -0.1) is 0 Å². The SMILES string of the molecule is Cc1ccc(NC(=O)N2CCN(CCCC(N)(CCCCB(O)O)C(=O)O)CC2)cc1. The van der Waals surface area contributed by atoms with Crippen LogP contribution in [0.5, 0.6) is 0 Å². The normalized spacial score (nSPS) is 16.6. The Kier molecular flexibility index (Phi) is 9.76. The van der Waals surface area contributed by atoms with Crippen molar-refractivity contribution in [2.45, 2.75) is 50.9 Å². The summed E-state index contributed by atoms with van der Waals surface area (Å²) in [5, 5.41) is 30.2. The van der Waals surface area contributed by atoms with Crippen molar-refractivity contribution in [2.75, 3.05) is 38.0 Å². The number of anilines is 1. The first kappa shape index (κ1) is 25.1. The zero-order valence-corrected chi connectivity index (χ0v) is 18.3. The van der Waals surface area contributed by atoms with E-state index < -0.39 is 18.6 Å². The van der Waals surface area contributed by atoms with Gasteiger partial charge in [-0.2, -0.15) is 0 Å². The molecule has 0 aliphatic carbocycles. The first-order valence-corrected chi connectivity index (χ1v) is 10.9. The van der Waals surface area contributed by atoms with Gasteiger partial charge in [-0.1, -0.05) is 30.5 Å². The molecule has 1 aromatic carbocycles. The molecular formula is C21H35BN4O5. The smallest absolute Gasteiger partial charge is 0.451 e. The van der Waals surface area contributed by atoms with E-state index in [9.17, 15) is 14.7 Å². The molecule has 0 saturated carbocycles. The van der Waals surface area contributed by atoms with Gasteiger partial charge in [-0.05, 0) is 51.2 Å². The monoisotopic (exact) mass is 434 g/mol. The third-order valence-electron chi connectivity index (χ3n) is 5.82. The summed E-state index contributed by atoms with van der Waals surface area (Å²) in [7, 11) is -1.37. The minimum absolute atomic E-state index is 0.108. The summed E-state index contributed by atoms with van der Waals surface area (Å²) in [6.07, 6.45) is 2.60. The molecule has 2 rings (SSSR count). The number of carboxylic acids is 1. The lowest BCUT2D eigenvalue weighted by Crippen LogP contribution is -2.51. The van der Waals surface area contributed by atoms with Crippen molar-refractivity contribution in [2.24, 2.45) is 5.73 Å². The molecule has 0 radical (unpaired) electrons. The molecular weight excluding hydrogens is 399 g/mol. The van der Waals surface area contributed by atoms with Crippen LogP contribution in [0.1, 0.15) is 37.7 Å². The van der Waals surface area contributed by atoms with E-state index in [0.717, 1.165) is 30.9 Å². The number of hydrogen-bond donors (Lipinski definition) is 5. The molecule has 1 aromatic rings. The standard InChI is InChI=1S/C21H35BN4O5/c1-17-5-7-18(8-6-17)24-20(29)26-15-13-25(14-16-26)12-4-10-21(23,19(27)28)9-2-3-11-22(30)31/h5-8,30-31H,2-4,9-16,23H2,1H3,(H,24,29)(H,27,28). The van der Waals surface area contributed by atoms with E-state index in [-0.39, 0.29) is 12.4 Å². The number of unbranched alkanes of at least 4 members (excludes halogenated alkanes) is 1. The average Bonchev–Trinajstić information content (AvgIpc) is 2.73. The van der Waals surface area contributed by atoms with Gasteiger partial charge in [0.05, 0.1) is 0 Å². The molecule has 1 heterocycles. The summed E-state index contributed by atoms with van der Waals surface area (Å²) in [5.74, 6) is -1.02. The van der Waals surface area contributed by atoms with Crippen LogP contribution in [0.3, 0.4) is 0 Å². The van der Waals surface area contributed by atoms with E-state index in [1.807, 2.05) is 31.2 Å². The Bertz CT molecular complexity index is 710. The number of carbonyl (C=O) groups is 2. The third-order valence-corrected chi connectivity index (χ3v) is 5.82. The molecule has 0 spiro atoms. The lowest BCUT2D eigenvalue weighted by Gasteiger charge is -2.35. The van der Waals surface area contributed by atoms with Crippen LogP contribution in [0.15, 0.2) is 24.3 Å². The molecule has 172 valence electrons. The van der Waals surface area contributed by atoms with Gasteiger partial charge in [0.25, 0.3) is 0 Å². The summed E-state index contributed by atoms with van der Waals surface area (Å²) in [6, 6.07) is 7.58. The first-order chi connectivity index (χ1) is 14.7. The molecule has 2 amide bonds. The fraction of sp³-hybridized carbons (Fsp3) is 0.619. The third kappa shape index (κ3) is 8.49. The van der Waals surface area contributed by atoms with Crippen LogP contribution < -0.4 is 11.1 Å². The second-order valence-corrected chi connectivity index (χ2v) is 8.42. The van der Waals surface area contributed by atoms with Crippen LogP contribution in [0.2, 0.25) is 6.32 Å². The minimum atomic E-state index is -1.37. The van der Waals surface area contributed by atoms with Crippen molar-refractivity contribution in [3.05, 3.63) is 29.8 Å². The van der Waals surface area contributed by atoms with Gasteiger partial charge >= 0.3 is 19.1 Å². The van der Waals surface area contributed by atoms with Crippen LogP contribution in [0.25, 0.3) is 0 Å². The number of benzene rings is 1. The number of carboxylic acid groups (broad SMARTS) is 1. The van der Waals surface area contributed by atoms with Gasteiger partial charge in [0.1, 0.15) is 5.54 Å². The Morgan fingerprint density at radius 1 is 1.06 bits per heavy atom. The summed E-state index contributed by atoms with van der Waals surface area (Å²) in [4.78, 5) is 28.1. The largest absolute Gasteiger partial charge is 0.480 e. The molecule has 0 bridgehead atoms. The summed E-state index contributed by atoms with van der Waals surface area (Å²) < 4.78 is 0. The molecule has 10 heteroatoms. The Labute approximate surface area is 184 Å². The Hall–Kier alpha value is -2.14. The number of aliphatic carboxylic acids is 1. The second kappa shape index (κ2) is 12.0. The van der Waals surface area contributed by atoms with E-state index in [1.54, 1.807) is 4.90 Å². The highest BCUT2D eigenvalue weighted by Gasteiger charge is 2.33. The van der Waals surface area contributed by atoms with Crippen molar-refractivity contribution >= 4 is 24.8 Å². The maximum absolute atomic E-state index is 12.4. The molecule has 31 heavy (non-hydrogen) atoms.